The molecule has 2 aliphatic rings. The number of fused-ring (bicyclic) bond motifs is 2. The van der Waals surface area contributed by atoms with E-state index in [9.17, 15) is 0 Å². The zero-order chi connectivity index (χ0) is 59.6. The predicted molar refractivity (Wildman–Crippen MR) is 344 cm³/mol. The van der Waals surface area contributed by atoms with Crippen LogP contribution < -0.4 is 19.9 Å². The Balaban J connectivity index is 0.00000768. The van der Waals surface area contributed by atoms with E-state index in [0.717, 1.165) is 85.8 Å². The van der Waals surface area contributed by atoms with Gasteiger partial charge in [-0.15, -0.1) is 48.3 Å². The first-order chi connectivity index (χ1) is 40.5. The summed E-state index contributed by atoms with van der Waals surface area (Å²) >= 11 is 0. The van der Waals surface area contributed by atoms with Gasteiger partial charge in [-0.2, -0.15) is 18.2 Å². The number of rotatable bonds is 11. The molecule has 1 N–H and O–H groups in total. The number of aromatic nitrogens is 1. The second-order valence-corrected chi connectivity index (χ2v) is 25.5. The van der Waals surface area contributed by atoms with Gasteiger partial charge in [-0.25, -0.2) is 4.98 Å². The average molecular weight is 1270 g/mol. The van der Waals surface area contributed by atoms with Crippen molar-refractivity contribution in [1.29, 1.82) is 0 Å². The molecule has 420 valence electrons. The summed E-state index contributed by atoms with van der Waals surface area (Å²) < 4.78 is 32.9. The van der Waals surface area contributed by atoms with E-state index in [1.165, 1.54) is 27.8 Å². The topological polar surface area (TPSA) is 40.6 Å². The van der Waals surface area contributed by atoms with Gasteiger partial charge in [0.1, 0.15) is 5.82 Å². The molecule has 0 amide bonds. The summed E-state index contributed by atoms with van der Waals surface area (Å²) in [6.07, 6.45) is 3.89. The minimum absolute atomic E-state index is 0. The number of hydrogen-bond acceptors (Lipinski definition) is 5. The molecule has 0 fully saturated rings. The summed E-state index contributed by atoms with van der Waals surface area (Å²) in [4.78, 5) is 9.43. The van der Waals surface area contributed by atoms with Gasteiger partial charge in [-0.05, 0) is 127 Å². The summed E-state index contributed by atoms with van der Waals surface area (Å²) in [5.74, 6) is 1.53. The second-order valence-electron chi connectivity index (χ2n) is 25.5. The molecule has 10 aromatic rings. The third kappa shape index (κ3) is 11.5. The summed E-state index contributed by atoms with van der Waals surface area (Å²) in [6.45, 7) is 22.4. The Morgan fingerprint density at radius 2 is 1.17 bits per heavy atom. The molecule has 0 spiro atoms. The molecule has 9 aromatic carbocycles. The quantitative estimate of drug-likeness (QED) is 0.131. The number of anilines is 6. The first kappa shape index (κ1) is 53.1. The maximum Gasteiger partial charge on any atom is 0.130 e. The van der Waals surface area contributed by atoms with Crippen LogP contribution in [-0.4, -0.2) is 4.98 Å². The summed E-state index contributed by atoms with van der Waals surface area (Å²) in [6, 6.07) is 77.0. The van der Waals surface area contributed by atoms with E-state index in [1.54, 1.807) is 12.3 Å². The van der Waals surface area contributed by atoms with Gasteiger partial charge < -0.3 is 19.9 Å². The van der Waals surface area contributed by atoms with Crippen LogP contribution in [-0.2, 0) is 42.7 Å². The Labute approximate surface area is 512 Å². The molecule has 0 saturated heterocycles. The third-order valence-corrected chi connectivity index (χ3v) is 16.8. The van der Waals surface area contributed by atoms with Gasteiger partial charge in [0.25, 0.3) is 0 Å². The van der Waals surface area contributed by atoms with Crippen LogP contribution in [0.25, 0.3) is 55.6 Å². The van der Waals surface area contributed by atoms with E-state index in [4.69, 9.17) is 13.8 Å². The molecule has 12 rings (SSSR count). The van der Waals surface area contributed by atoms with Crippen molar-refractivity contribution in [2.75, 3.05) is 15.1 Å². The summed E-state index contributed by atoms with van der Waals surface area (Å²) in [5, 5.41) is 3.57. The molecule has 0 bridgehead atoms. The number of nitrogens with one attached hydrogen (secondary N) is 1. The number of ether oxygens (including phenoxy) is 1. The van der Waals surface area contributed by atoms with Crippen molar-refractivity contribution in [3.05, 3.63) is 253 Å². The molecule has 1 aliphatic heterocycles. The molecule has 0 unspecified atom stereocenters. The largest absolute Gasteiger partial charge is 0.509 e. The Bertz CT molecular complexity index is 4120. The smallest absolute Gasteiger partial charge is 0.130 e. The van der Waals surface area contributed by atoms with Gasteiger partial charge in [0, 0.05) is 82.3 Å². The molecule has 0 radical (unpaired) electrons. The van der Waals surface area contributed by atoms with Crippen LogP contribution in [0, 0.1) is 25.7 Å². The molecule has 83 heavy (non-hydrogen) atoms. The van der Waals surface area contributed by atoms with Gasteiger partial charge in [0.2, 0.25) is 0 Å². The molecule has 1 aromatic heterocycles. The monoisotopic (exact) mass is 1270 g/mol. The first-order valence-electron chi connectivity index (χ1n) is 30.2. The number of benzene rings is 9. The number of aryl methyl sites for hydroxylation is 1. The molecule has 0 saturated carbocycles. The van der Waals surface area contributed by atoms with Crippen LogP contribution in [0.1, 0.15) is 114 Å². The summed E-state index contributed by atoms with van der Waals surface area (Å²) in [5.41, 5.74) is 19.9. The fourth-order valence-electron chi connectivity index (χ4n) is 11.8. The zero-order valence-corrected chi connectivity index (χ0v) is 51.5. The Morgan fingerprint density at radius 3 is 1.86 bits per heavy atom. The van der Waals surface area contributed by atoms with Gasteiger partial charge in [0.15, 0.2) is 0 Å². The van der Waals surface area contributed by atoms with Gasteiger partial charge >= 0.3 is 0 Å². The van der Waals surface area contributed by atoms with E-state index in [2.05, 4.69) is 267 Å². The van der Waals surface area contributed by atoms with Crippen LogP contribution in [0.4, 0.5) is 34.3 Å². The molecule has 2 heterocycles. The van der Waals surface area contributed by atoms with E-state index in [0.29, 0.717) is 22.9 Å². The van der Waals surface area contributed by atoms with Crippen LogP contribution in [0.3, 0.4) is 0 Å². The van der Waals surface area contributed by atoms with Gasteiger partial charge in [0.05, 0.1) is 0 Å². The molecule has 1 aliphatic carbocycles. The molecular formula is C77H73N4OPt-3. The van der Waals surface area contributed by atoms with Crippen molar-refractivity contribution in [2.24, 2.45) is 0 Å². The normalized spacial score (nSPS) is 15.0. The van der Waals surface area contributed by atoms with Gasteiger partial charge in [-0.3, -0.25) is 0 Å². The van der Waals surface area contributed by atoms with Crippen molar-refractivity contribution >= 4 is 34.3 Å². The number of hydrogen-bond donors (Lipinski definition) is 1. The van der Waals surface area contributed by atoms with E-state index >= 15 is 0 Å². The summed E-state index contributed by atoms with van der Waals surface area (Å²) in [7, 11) is 0. The molecule has 0 atom stereocenters. The maximum atomic E-state index is 8.76. The van der Waals surface area contributed by atoms with Crippen molar-refractivity contribution in [1.82, 2.24) is 4.98 Å². The van der Waals surface area contributed by atoms with E-state index in [-0.39, 0.29) is 48.3 Å². The second kappa shape index (κ2) is 22.3. The first-order valence-corrected chi connectivity index (χ1v) is 28.7. The SMILES string of the molecule is [2H]C([2H])([2H])c1cc(Nc2cc(C(C)(C)C)ccc2-c2c[c-]c(Oc3[c-]c(N4[CH-]N(c5c(-c6ccccc6)cccc5-c5cc(-c6ccccc6)cc(C(C)(C)C)c5)c5ccccc54)ccc3)cc2)ncc1-c1ccc2c(c1)C(C)(C)CCC2(C)C.[Pt]. The molecular weight excluding hydrogens is 1190 g/mol. The fourth-order valence-corrected chi connectivity index (χ4v) is 11.8. The minimum Gasteiger partial charge on any atom is -0.509 e. The van der Waals surface area contributed by atoms with Crippen LogP contribution in [0.5, 0.6) is 11.5 Å². The van der Waals surface area contributed by atoms with Crippen molar-refractivity contribution in [3.8, 4) is 67.1 Å². The Kier molecular flexibility index (Phi) is 14.3. The van der Waals surface area contributed by atoms with Gasteiger partial charge in [-0.1, -0.05) is 208 Å². The predicted octanol–water partition coefficient (Wildman–Crippen LogP) is 21.2. The van der Waals surface area contributed by atoms with Crippen molar-refractivity contribution < 1.29 is 29.9 Å². The van der Waals surface area contributed by atoms with Crippen molar-refractivity contribution in [3.63, 3.8) is 0 Å². The van der Waals surface area contributed by atoms with E-state index in [1.807, 2.05) is 30.3 Å². The average Bonchev–Trinajstić information content (AvgIpc) is 1.58. The van der Waals surface area contributed by atoms with Crippen LogP contribution >= 0.6 is 0 Å². The molecule has 6 heteroatoms. The van der Waals surface area contributed by atoms with E-state index < -0.39 is 6.85 Å². The number of pyridine rings is 1. The van der Waals surface area contributed by atoms with Crippen LogP contribution in [0.2, 0.25) is 0 Å². The van der Waals surface area contributed by atoms with Crippen molar-refractivity contribution in [2.45, 2.75) is 111 Å². The Hall–Kier alpha value is -7.98. The zero-order valence-electron chi connectivity index (χ0n) is 52.2. The minimum atomic E-state index is -2.39. The Morgan fingerprint density at radius 1 is 0.530 bits per heavy atom. The van der Waals surface area contributed by atoms with Crippen LogP contribution in [0.15, 0.2) is 206 Å². The molecule has 5 nitrogen and oxygen atoms in total. The third-order valence-electron chi connectivity index (χ3n) is 16.8. The number of para-hydroxylation sites is 3. The fraction of sp³-hybridized carbons (Fsp3) is 0.221. The number of nitrogens with zero attached hydrogens (tertiary/aromatic N) is 3. The maximum absolute atomic E-state index is 8.76. The standard InChI is InChI=1S/C77H73N4O.Pt/c1-51-42-72(78-49-66(51)55-34-39-67-68(46-55)77(10,11)41-40-76(67,8)9)79-69-47-58(74(2,3)4)35-38-63(69)54-32-36-61(37-33-54)82-62-27-20-26-60(48-62)80-50-81(71-31-19-18-30-70(71)80)73-64(53-24-16-13-17-25-53)28-21-29-65(73)57-43-56(52-22-14-12-15-23-52)44-59(45-57)75(5,6)7;/h12-36,38-39,42-47,49-50H,40-41H2,1-11H3,(H,78,79);/q-3;/i1D3;.